The highest BCUT2D eigenvalue weighted by Crippen LogP contribution is 2.22. The summed E-state index contributed by atoms with van der Waals surface area (Å²) >= 11 is 1.47. The largest absolute Gasteiger partial charge is 0.480 e. The van der Waals surface area contributed by atoms with Crippen molar-refractivity contribution in [2.75, 3.05) is 24.3 Å². The van der Waals surface area contributed by atoms with Crippen LogP contribution >= 0.6 is 11.8 Å². The van der Waals surface area contributed by atoms with Crippen molar-refractivity contribution in [3.63, 3.8) is 0 Å². The van der Waals surface area contributed by atoms with Crippen LogP contribution in [0.5, 0.6) is 0 Å². The quantitative estimate of drug-likeness (QED) is 0.767. The average molecular weight is 338 g/mol. The third-order valence-electron chi connectivity index (χ3n) is 3.44. The summed E-state index contributed by atoms with van der Waals surface area (Å²) in [6.45, 7) is 3.55. The Hall–Kier alpha value is -0.960. The maximum absolute atomic E-state index is 12.3. The van der Waals surface area contributed by atoms with Crippen LogP contribution in [-0.2, 0) is 14.6 Å². The molecule has 1 aliphatic heterocycles. The fourth-order valence-corrected chi connectivity index (χ4v) is 5.01. The Morgan fingerprint density at radius 3 is 2.57 bits per heavy atom. The number of carbonyl (C=O) groups is 2. The molecular weight excluding hydrogens is 316 g/mol. The molecule has 0 spiro atoms. The third-order valence-corrected chi connectivity index (χ3v) is 6.09. The standard InChI is InChI=1S/C12H22N2O5S2/c1-4-5-12(2,10(15)16)13-11(17)14-6-7-20-8-9(14)21(3,18)19/h9H,4-8H2,1-3H3,(H,13,17)(H,15,16). The Morgan fingerprint density at radius 2 is 2.10 bits per heavy atom. The lowest BCUT2D eigenvalue weighted by atomic mass is 9.96. The molecule has 1 aliphatic rings. The molecule has 2 amide bonds. The van der Waals surface area contributed by atoms with Gasteiger partial charge < -0.3 is 15.3 Å². The van der Waals surface area contributed by atoms with Crippen LogP contribution in [-0.4, -0.2) is 65.6 Å². The number of rotatable bonds is 5. The number of nitrogens with one attached hydrogen (secondary N) is 1. The van der Waals surface area contributed by atoms with Crippen molar-refractivity contribution >= 4 is 33.6 Å². The van der Waals surface area contributed by atoms with Gasteiger partial charge in [-0.15, -0.1) is 0 Å². The van der Waals surface area contributed by atoms with Gasteiger partial charge in [-0.2, -0.15) is 11.8 Å². The van der Waals surface area contributed by atoms with E-state index in [2.05, 4.69) is 5.32 Å². The molecule has 0 bridgehead atoms. The molecule has 1 saturated heterocycles. The highest BCUT2D eigenvalue weighted by atomic mass is 32.2. The minimum absolute atomic E-state index is 0.278. The van der Waals surface area contributed by atoms with Gasteiger partial charge >= 0.3 is 12.0 Å². The van der Waals surface area contributed by atoms with E-state index in [1.165, 1.54) is 23.6 Å². The van der Waals surface area contributed by atoms with Gasteiger partial charge in [0.25, 0.3) is 0 Å². The molecule has 0 radical (unpaired) electrons. The first kappa shape index (κ1) is 18.1. The Labute approximate surface area is 129 Å². The number of carboxylic acid groups (broad SMARTS) is 1. The van der Waals surface area contributed by atoms with Crippen LogP contribution in [0.4, 0.5) is 4.79 Å². The number of sulfone groups is 1. The van der Waals surface area contributed by atoms with E-state index >= 15 is 0 Å². The average Bonchev–Trinajstić information content (AvgIpc) is 2.37. The molecule has 1 fully saturated rings. The minimum atomic E-state index is -3.41. The SMILES string of the molecule is CCCC(C)(NC(=O)N1CCSCC1S(C)(=O)=O)C(=O)O. The number of urea groups is 1. The smallest absolute Gasteiger partial charge is 0.329 e. The van der Waals surface area contributed by atoms with Gasteiger partial charge in [0.1, 0.15) is 10.9 Å². The second-order valence-electron chi connectivity index (χ2n) is 5.37. The van der Waals surface area contributed by atoms with Crippen molar-refractivity contribution < 1.29 is 23.1 Å². The molecule has 1 heterocycles. The van der Waals surface area contributed by atoms with Crippen molar-refractivity contribution in [1.29, 1.82) is 0 Å². The van der Waals surface area contributed by atoms with E-state index in [0.717, 1.165) is 6.26 Å². The van der Waals surface area contributed by atoms with Crippen molar-refractivity contribution in [3.8, 4) is 0 Å². The fraction of sp³-hybridized carbons (Fsp3) is 0.833. The van der Waals surface area contributed by atoms with Gasteiger partial charge in [0.2, 0.25) is 0 Å². The number of carboxylic acids is 1. The lowest BCUT2D eigenvalue weighted by Gasteiger charge is -2.36. The Morgan fingerprint density at radius 1 is 1.48 bits per heavy atom. The molecule has 0 aliphatic carbocycles. The van der Waals surface area contributed by atoms with Crippen LogP contribution in [0.25, 0.3) is 0 Å². The van der Waals surface area contributed by atoms with Crippen molar-refractivity contribution in [2.45, 2.75) is 37.6 Å². The summed E-state index contributed by atoms with van der Waals surface area (Å²) in [6, 6.07) is -0.635. The van der Waals surface area contributed by atoms with Crippen molar-refractivity contribution in [3.05, 3.63) is 0 Å². The summed E-state index contributed by atoms with van der Waals surface area (Å²) in [6.07, 6.45) is 1.96. The predicted molar refractivity (Wildman–Crippen MR) is 82.1 cm³/mol. The van der Waals surface area contributed by atoms with Gasteiger partial charge in [-0.05, 0) is 13.3 Å². The number of nitrogens with zero attached hydrogens (tertiary/aromatic N) is 1. The number of aliphatic carboxylic acids is 1. The van der Waals surface area contributed by atoms with Gasteiger partial charge in [0, 0.05) is 24.3 Å². The molecule has 2 N–H and O–H groups in total. The Bertz CT molecular complexity index is 508. The number of thioether (sulfide) groups is 1. The highest BCUT2D eigenvalue weighted by molar-refractivity contribution is 8.00. The predicted octanol–water partition coefficient (Wildman–Crippen LogP) is 0.759. The first-order chi connectivity index (χ1) is 9.62. The van der Waals surface area contributed by atoms with Gasteiger partial charge in [0.05, 0.1) is 0 Å². The summed E-state index contributed by atoms with van der Waals surface area (Å²) in [7, 11) is -3.41. The molecule has 0 saturated carbocycles. The molecule has 2 atom stereocenters. The number of carbonyl (C=O) groups excluding carboxylic acids is 1. The van der Waals surface area contributed by atoms with E-state index < -0.39 is 32.8 Å². The van der Waals surface area contributed by atoms with E-state index in [0.29, 0.717) is 17.9 Å². The lowest BCUT2D eigenvalue weighted by Crippen LogP contribution is -2.60. The van der Waals surface area contributed by atoms with Gasteiger partial charge in [-0.25, -0.2) is 18.0 Å². The van der Waals surface area contributed by atoms with Crippen LogP contribution in [0.1, 0.15) is 26.7 Å². The van der Waals surface area contributed by atoms with Crippen molar-refractivity contribution in [1.82, 2.24) is 10.2 Å². The Kier molecular flexibility index (Phi) is 5.92. The zero-order chi connectivity index (χ0) is 16.3. The second kappa shape index (κ2) is 6.87. The van der Waals surface area contributed by atoms with Gasteiger partial charge in [-0.1, -0.05) is 13.3 Å². The molecule has 2 unspecified atom stereocenters. The molecule has 0 aromatic heterocycles. The summed E-state index contributed by atoms with van der Waals surface area (Å²) < 4.78 is 23.6. The monoisotopic (exact) mass is 338 g/mol. The van der Waals surface area contributed by atoms with Crippen LogP contribution in [0, 0.1) is 0 Å². The number of amides is 2. The summed E-state index contributed by atoms with van der Waals surface area (Å²) in [5.74, 6) is -0.180. The maximum atomic E-state index is 12.3. The van der Waals surface area contributed by atoms with Gasteiger partial charge in [0.15, 0.2) is 9.84 Å². The normalized spacial score (nSPS) is 22.4. The Balaban J connectivity index is 2.92. The summed E-state index contributed by atoms with van der Waals surface area (Å²) in [5, 5.41) is 10.9. The molecule has 7 nitrogen and oxygen atoms in total. The molecule has 1 rings (SSSR count). The molecule has 21 heavy (non-hydrogen) atoms. The summed E-state index contributed by atoms with van der Waals surface area (Å²) in [5.41, 5.74) is -1.39. The second-order valence-corrected chi connectivity index (χ2v) is 8.72. The molecule has 9 heteroatoms. The molecule has 122 valence electrons. The van der Waals surface area contributed by atoms with Crippen LogP contribution in [0.3, 0.4) is 0 Å². The number of hydrogen-bond donors (Lipinski definition) is 2. The number of hydrogen-bond acceptors (Lipinski definition) is 5. The molecular formula is C12H22N2O5S2. The first-order valence-electron chi connectivity index (χ1n) is 6.70. The fourth-order valence-electron chi connectivity index (χ4n) is 2.20. The third kappa shape index (κ3) is 4.50. The van der Waals surface area contributed by atoms with Crippen LogP contribution in [0.2, 0.25) is 0 Å². The highest BCUT2D eigenvalue weighted by Gasteiger charge is 2.39. The van der Waals surface area contributed by atoms with E-state index in [1.54, 1.807) is 0 Å². The van der Waals surface area contributed by atoms with E-state index in [1.807, 2.05) is 6.92 Å². The zero-order valence-corrected chi connectivity index (χ0v) is 14.1. The zero-order valence-electron chi connectivity index (χ0n) is 12.5. The molecule has 0 aromatic carbocycles. The minimum Gasteiger partial charge on any atom is -0.480 e. The van der Waals surface area contributed by atoms with E-state index in [4.69, 9.17) is 0 Å². The first-order valence-corrected chi connectivity index (χ1v) is 9.81. The summed E-state index contributed by atoms with van der Waals surface area (Å²) in [4.78, 5) is 24.9. The van der Waals surface area contributed by atoms with E-state index in [-0.39, 0.29) is 13.0 Å². The van der Waals surface area contributed by atoms with Crippen LogP contribution in [0.15, 0.2) is 0 Å². The van der Waals surface area contributed by atoms with Gasteiger partial charge in [-0.3, -0.25) is 0 Å². The molecule has 0 aromatic rings. The van der Waals surface area contributed by atoms with E-state index in [9.17, 15) is 23.1 Å². The topological polar surface area (TPSA) is 104 Å². The van der Waals surface area contributed by atoms with Crippen LogP contribution < -0.4 is 5.32 Å². The maximum Gasteiger partial charge on any atom is 0.329 e. The van der Waals surface area contributed by atoms with Crippen molar-refractivity contribution in [2.24, 2.45) is 0 Å². The lowest BCUT2D eigenvalue weighted by molar-refractivity contribution is -0.144.